The van der Waals surface area contributed by atoms with Gasteiger partial charge in [0.1, 0.15) is 5.69 Å². The fourth-order valence-electron chi connectivity index (χ4n) is 4.52. The highest BCUT2D eigenvalue weighted by atomic mass is 19.3. The predicted octanol–water partition coefficient (Wildman–Crippen LogP) is 2.83. The molecular weight excluding hydrogens is 382 g/mol. The summed E-state index contributed by atoms with van der Waals surface area (Å²) in [4.78, 5) is 14.9. The van der Waals surface area contributed by atoms with Crippen molar-refractivity contribution in [3.63, 3.8) is 0 Å². The largest absolute Gasteiger partial charge is 0.480 e. The first-order valence-electron chi connectivity index (χ1n) is 9.35. The van der Waals surface area contributed by atoms with Gasteiger partial charge in [-0.25, -0.2) is 23.3 Å². The van der Waals surface area contributed by atoms with E-state index in [0.717, 1.165) is 12.1 Å². The molecule has 0 unspecified atom stereocenters. The van der Waals surface area contributed by atoms with Crippen LogP contribution in [-0.2, 0) is 0 Å². The SMILES string of the molecule is COc1ncc(-c2cc(N3CCC4(C3)CC(F)(F)C4)c3nccn3n2)c(OC)n1. The van der Waals surface area contributed by atoms with Crippen molar-refractivity contribution in [3.05, 3.63) is 24.7 Å². The number of ether oxygens (including phenoxy) is 2. The van der Waals surface area contributed by atoms with Gasteiger partial charge in [0.15, 0.2) is 5.65 Å². The molecule has 3 aromatic rings. The summed E-state index contributed by atoms with van der Waals surface area (Å²) < 4.78 is 39.2. The lowest BCUT2D eigenvalue weighted by Crippen LogP contribution is -2.47. The van der Waals surface area contributed by atoms with Gasteiger partial charge in [0.05, 0.1) is 25.5 Å². The van der Waals surface area contributed by atoms with Crippen molar-refractivity contribution < 1.29 is 18.3 Å². The first kappa shape index (κ1) is 18.0. The maximum absolute atomic E-state index is 13.5. The third-order valence-electron chi connectivity index (χ3n) is 5.77. The van der Waals surface area contributed by atoms with Gasteiger partial charge in [0, 0.05) is 49.9 Å². The normalized spacial score (nSPS) is 19.5. The van der Waals surface area contributed by atoms with Crippen LogP contribution in [0.4, 0.5) is 14.5 Å². The van der Waals surface area contributed by atoms with E-state index >= 15 is 0 Å². The molecule has 0 aromatic carbocycles. The van der Waals surface area contributed by atoms with Crippen LogP contribution in [0.5, 0.6) is 11.9 Å². The number of aromatic nitrogens is 5. The molecule has 4 heterocycles. The van der Waals surface area contributed by atoms with E-state index in [9.17, 15) is 8.78 Å². The number of halogens is 2. The molecule has 1 saturated heterocycles. The van der Waals surface area contributed by atoms with Crippen LogP contribution in [0.1, 0.15) is 19.3 Å². The second kappa shape index (κ2) is 6.23. The molecule has 29 heavy (non-hydrogen) atoms. The van der Waals surface area contributed by atoms with Crippen LogP contribution in [0.2, 0.25) is 0 Å². The number of rotatable bonds is 4. The Balaban J connectivity index is 1.55. The standard InChI is InChI=1S/C19H20F2N6O2/c1-28-16-12(8-23-17(24-16)29-2)13-7-14(15-22-4-6-27(15)25-13)26-5-3-18(11-26)9-19(20,21)10-18/h4,6-8H,3,5,9-11H2,1-2H3. The van der Waals surface area contributed by atoms with E-state index in [1.807, 2.05) is 6.07 Å². The molecule has 1 aliphatic heterocycles. The highest BCUT2D eigenvalue weighted by Gasteiger charge is 2.58. The Morgan fingerprint density at radius 3 is 2.69 bits per heavy atom. The van der Waals surface area contributed by atoms with E-state index in [2.05, 4.69) is 25.0 Å². The van der Waals surface area contributed by atoms with Crippen molar-refractivity contribution in [1.82, 2.24) is 24.6 Å². The molecule has 2 fully saturated rings. The molecule has 0 atom stereocenters. The van der Waals surface area contributed by atoms with Crippen LogP contribution in [0.3, 0.4) is 0 Å². The number of fused-ring (bicyclic) bond motifs is 1. The number of nitrogens with zero attached hydrogens (tertiary/aromatic N) is 6. The first-order valence-corrected chi connectivity index (χ1v) is 9.35. The third-order valence-corrected chi connectivity index (χ3v) is 5.77. The van der Waals surface area contributed by atoms with Crippen molar-refractivity contribution in [2.45, 2.75) is 25.2 Å². The topological polar surface area (TPSA) is 77.7 Å². The minimum absolute atomic E-state index is 0.0424. The molecule has 8 nitrogen and oxygen atoms in total. The highest BCUT2D eigenvalue weighted by Crippen LogP contribution is 2.57. The average molecular weight is 402 g/mol. The van der Waals surface area contributed by atoms with E-state index in [1.54, 1.807) is 23.1 Å². The summed E-state index contributed by atoms with van der Waals surface area (Å²) in [5, 5.41) is 4.60. The summed E-state index contributed by atoms with van der Waals surface area (Å²) in [5.41, 5.74) is 2.44. The van der Waals surface area contributed by atoms with Crippen LogP contribution in [0.15, 0.2) is 24.7 Å². The second-order valence-corrected chi connectivity index (χ2v) is 7.77. The Morgan fingerprint density at radius 1 is 1.14 bits per heavy atom. The molecule has 5 rings (SSSR count). The van der Waals surface area contributed by atoms with Gasteiger partial charge in [0.25, 0.3) is 0 Å². The van der Waals surface area contributed by atoms with Crippen LogP contribution in [-0.4, -0.2) is 57.8 Å². The number of hydrogen-bond donors (Lipinski definition) is 0. The maximum Gasteiger partial charge on any atom is 0.319 e. The lowest BCUT2D eigenvalue weighted by Gasteiger charge is -2.44. The first-order chi connectivity index (χ1) is 13.9. The van der Waals surface area contributed by atoms with Gasteiger partial charge >= 0.3 is 6.01 Å². The Kier molecular flexibility index (Phi) is 3.87. The molecule has 152 valence electrons. The Bertz CT molecular complexity index is 1080. The van der Waals surface area contributed by atoms with Gasteiger partial charge in [0.2, 0.25) is 11.8 Å². The van der Waals surface area contributed by atoms with Gasteiger partial charge in [-0.1, -0.05) is 0 Å². The Morgan fingerprint density at radius 2 is 1.97 bits per heavy atom. The van der Waals surface area contributed by atoms with E-state index in [4.69, 9.17) is 9.47 Å². The summed E-state index contributed by atoms with van der Waals surface area (Å²) >= 11 is 0. The summed E-state index contributed by atoms with van der Waals surface area (Å²) in [5.74, 6) is -2.19. The maximum atomic E-state index is 13.5. The summed E-state index contributed by atoms with van der Waals surface area (Å²) in [7, 11) is 3.00. The molecule has 1 saturated carbocycles. The lowest BCUT2D eigenvalue weighted by atomic mass is 9.65. The molecule has 1 aliphatic carbocycles. The van der Waals surface area contributed by atoms with E-state index < -0.39 is 5.92 Å². The molecule has 0 N–H and O–H groups in total. The fourth-order valence-corrected chi connectivity index (χ4v) is 4.52. The van der Waals surface area contributed by atoms with Crippen molar-refractivity contribution >= 4 is 11.3 Å². The van der Waals surface area contributed by atoms with E-state index in [-0.39, 0.29) is 24.3 Å². The van der Waals surface area contributed by atoms with Crippen molar-refractivity contribution in [1.29, 1.82) is 0 Å². The number of alkyl halides is 2. The van der Waals surface area contributed by atoms with Crippen molar-refractivity contribution in [3.8, 4) is 23.1 Å². The van der Waals surface area contributed by atoms with Crippen LogP contribution in [0, 0.1) is 5.41 Å². The summed E-state index contributed by atoms with van der Waals surface area (Å²) in [6, 6.07) is 2.09. The van der Waals surface area contributed by atoms with Gasteiger partial charge < -0.3 is 14.4 Å². The minimum Gasteiger partial charge on any atom is -0.480 e. The summed E-state index contributed by atoms with van der Waals surface area (Å²) in [6.45, 7) is 1.29. The van der Waals surface area contributed by atoms with Crippen LogP contribution >= 0.6 is 0 Å². The van der Waals surface area contributed by atoms with E-state index in [0.29, 0.717) is 35.9 Å². The van der Waals surface area contributed by atoms with Gasteiger partial charge in [-0.3, -0.25) is 0 Å². The fraction of sp³-hybridized carbons (Fsp3) is 0.474. The molecule has 10 heteroatoms. The van der Waals surface area contributed by atoms with Crippen molar-refractivity contribution in [2.24, 2.45) is 5.41 Å². The lowest BCUT2D eigenvalue weighted by molar-refractivity contribution is -0.152. The molecular formula is C19H20F2N6O2. The molecule has 0 radical (unpaired) electrons. The van der Waals surface area contributed by atoms with Crippen LogP contribution in [0.25, 0.3) is 16.9 Å². The molecule has 0 amide bonds. The zero-order valence-corrected chi connectivity index (χ0v) is 16.1. The third kappa shape index (κ3) is 2.93. The monoisotopic (exact) mass is 402 g/mol. The van der Waals surface area contributed by atoms with Crippen LogP contribution < -0.4 is 14.4 Å². The predicted molar refractivity (Wildman–Crippen MR) is 101 cm³/mol. The minimum atomic E-state index is -2.53. The highest BCUT2D eigenvalue weighted by molar-refractivity contribution is 5.76. The molecule has 1 spiro atoms. The Labute approximate surface area is 165 Å². The smallest absolute Gasteiger partial charge is 0.319 e. The summed E-state index contributed by atoms with van der Waals surface area (Å²) in [6.07, 6.45) is 5.68. The zero-order chi connectivity index (χ0) is 20.2. The van der Waals surface area contributed by atoms with Gasteiger partial charge in [-0.05, 0) is 12.5 Å². The number of hydrogen-bond acceptors (Lipinski definition) is 7. The second-order valence-electron chi connectivity index (χ2n) is 7.77. The average Bonchev–Trinajstić information content (AvgIpc) is 3.33. The van der Waals surface area contributed by atoms with Crippen molar-refractivity contribution in [2.75, 3.05) is 32.2 Å². The van der Waals surface area contributed by atoms with E-state index in [1.165, 1.54) is 14.2 Å². The Hall–Kier alpha value is -3.04. The van der Waals surface area contributed by atoms with Gasteiger partial charge in [-0.2, -0.15) is 10.1 Å². The number of anilines is 1. The zero-order valence-electron chi connectivity index (χ0n) is 16.1. The number of imidazole rings is 1. The molecule has 2 aliphatic rings. The molecule has 0 bridgehead atoms. The van der Waals surface area contributed by atoms with Gasteiger partial charge in [-0.15, -0.1) is 0 Å². The quantitative estimate of drug-likeness (QED) is 0.664. The molecule has 3 aromatic heterocycles. The number of methoxy groups -OCH3 is 2.